The van der Waals surface area contributed by atoms with E-state index < -0.39 is 19.5 Å². The van der Waals surface area contributed by atoms with E-state index in [1.54, 1.807) is 0 Å². The van der Waals surface area contributed by atoms with Crippen LogP contribution in [0.4, 0.5) is 0 Å². The molecular weight excluding hydrogens is 351 g/mol. The highest BCUT2D eigenvalue weighted by Crippen LogP contribution is 2.62. The lowest BCUT2D eigenvalue weighted by Gasteiger charge is -2.45. The molecule has 3 aromatic carbocycles. The molecule has 1 N–H and O–H groups in total. The van der Waals surface area contributed by atoms with Crippen molar-refractivity contribution in [3.05, 3.63) is 91.0 Å². The summed E-state index contributed by atoms with van der Waals surface area (Å²) in [6, 6.07) is 31.5. The van der Waals surface area contributed by atoms with Gasteiger partial charge in [-0.25, -0.2) is 0 Å². The van der Waals surface area contributed by atoms with Gasteiger partial charge in [-0.2, -0.15) is 0 Å². The van der Waals surface area contributed by atoms with Gasteiger partial charge in [0.05, 0.1) is 11.8 Å². The highest BCUT2D eigenvalue weighted by atomic mass is 31.2. The van der Waals surface area contributed by atoms with Gasteiger partial charge < -0.3 is 10.2 Å². The minimum absolute atomic E-state index is 0.103. The quantitative estimate of drug-likeness (QED) is 0.712. The van der Waals surface area contributed by atoms with Gasteiger partial charge in [0.1, 0.15) is 23.2 Å². The smallest absolute Gasteiger partial charge is 0.114 e. The summed E-state index contributed by atoms with van der Waals surface area (Å²) in [5.41, 5.74) is -0.103. The van der Waals surface area contributed by atoms with Crippen molar-refractivity contribution < 1.29 is 10.2 Å². The molecule has 0 heterocycles. The van der Waals surface area contributed by atoms with Crippen LogP contribution in [0.2, 0.25) is 0 Å². The van der Waals surface area contributed by atoms with E-state index in [-0.39, 0.29) is 5.66 Å². The Labute approximate surface area is 161 Å². The van der Waals surface area contributed by atoms with Crippen molar-refractivity contribution in [2.24, 2.45) is 0 Å². The number of benzene rings is 3. The molecule has 3 atom stereocenters. The van der Waals surface area contributed by atoms with Crippen molar-refractivity contribution in [1.29, 1.82) is 0 Å². The maximum atomic E-state index is 13.3. The zero-order chi connectivity index (χ0) is 18.7. The summed E-state index contributed by atoms with van der Waals surface area (Å²) in [4.78, 5) is 0. The summed E-state index contributed by atoms with van der Waals surface area (Å²) < 4.78 is 0. The molecule has 27 heavy (non-hydrogen) atoms. The number of aliphatic hydroxyl groups is 1. The lowest BCUT2D eigenvalue weighted by Crippen LogP contribution is -2.52. The third-order valence-electron chi connectivity index (χ3n) is 5.71. The van der Waals surface area contributed by atoms with Crippen LogP contribution in [-0.2, 0) is 0 Å². The Morgan fingerprint density at radius 2 is 1.07 bits per heavy atom. The van der Waals surface area contributed by atoms with Crippen LogP contribution in [0, 0.1) is 0 Å². The third kappa shape index (κ3) is 3.34. The fourth-order valence-corrected chi connectivity index (χ4v) is 9.69. The van der Waals surface area contributed by atoms with Crippen molar-refractivity contribution in [2.45, 2.75) is 37.1 Å². The standard InChI is InChI=1S/C24H25O2P/c25-19-16-17-23(26)24(18-19)27(20-10-4-1-5-11-20,21-12-6-2-7-13-21)22-14-8-3-9-15-22/h1-15,19,23-25H,16-18H2. The molecule has 0 aromatic heterocycles. The number of aliphatic hydroxyl groups excluding tert-OH is 1. The first-order valence-electron chi connectivity index (χ1n) is 9.62. The molecule has 138 valence electrons. The fraction of sp³-hybridized carbons (Fsp3) is 0.250. The monoisotopic (exact) mass is 376 g/mol. The Morgan fingerprint density at radius 3 is 1.48 bits per heavy atom. The molecule has 0 spiro atoms. The maximum Gasteiger partial charge on any atom is 0.114 e. The van der Waals surface area contributed by atoms with E-state index in [1.807, 2.05) is 18.2 Å². The van der Waals surface area contributed by atoms with Crippen molar-refractivity contribution in [1.82, 2.24) is 0 Å². The Morgan fingerprint density at radius 1 is 0.667 bits per heavy atom. The van der Waals surface area contributed by atoms with Crippen molar-refractivity contribution >= 4 is 23.2 Å². The Kier molecular flexibility index (Phi) is 5.41. The van der Waals surface area contributed by atoms with Gasteiger partial charge in [-0.1, -0.05) is 67.1 Å². The third-order valence-corrected chi connectivity index (χ3v) is 10.6. The zero-order valence-corrected chi connectivity index (χ0v) is 16.2. The zero-order valence-electron chi connectivity index (χ0n) is 15.3. The van der Waals surface area contributed by atoms with Gasteiger partial charge in [-0.15, -0.1) is 0 Å². The van der Waals surface area contributed by atoms with E-state index in [4.69, 9.17) is 0 Å². The summed E-state index contributed by atoms with van der Waals surface area (Å²) in [5.74, 6) is 0. The summed E-state index contributed by atoms with van der Waals surface area (Å²) in [6.07, 6.45) is 0.669. The second-order valence-corrected chi connectivity index (χ2v) is 11.0. The van der Waals surface area contributed by atoms with Crippen LogP contribution in [0.3, 0.4) is 0 Å². The van der Waals surface area contributed by atoms with E-state index in [2.05, 4.69) is 72.8 Å². The van der Waals surface area contributed by atoms with Crippen LogP contribution in [0.25, 0.3) is 0 Å². The van der Waals surface area contributed by atoms with E-state index in [1.165, 1.54) is 15.9 Å². The molecule has 0 aliphatic heterocycles. The van der Waals surface area contributed by atoms with Crippen LogP contribution in [0.5, 0.6) is 0 Å². The molecule has 0 saturated heterocycles. The first-order valence-corrected chi connectivity index (χ1v) is 11.5. The van der Waals surface area contributed by atoms with Crippen molar-refractivity contribution in [3.63, 3.8) is 0 Å². The van der Waals surface area contributed by atoms with E-state index in [0.717, 1.165) is 0 Å². The summed E-state index contributed by atoms with van der Waals surface area (Å²) in [5, 5.41) is 27.5. The van der Waals surface area contributed by atoms with Gasteiger partial charge in [0.2, 0.25) is 0 Å². The van der Waals surface area contributed by atoms with E-state index >= 15 is 0 Å². The normalized spacial score (nSPS) is 23.1. The lowest BCUT2D eigenvalue weighted by atomic mass is 9.95. The average molecular weight is 376 g/mol. The van der Waals surface area contributed by atoms with Gasteiger partial charge in [0, 0.05) is 6.42 Å². The topological polar surface area (TPSA) is 43.3 Å². The first kappa shape index (κ1) is 18.4. The molecule has 3 heteroatoms. The molecule has 1 saturated carbocycles. The molecule has 4 rings (SSSR count). The van der Waals surface area contributed by atoms with Crippen LogP contribution in [0.1, 0.15) is 19.3 Å². The largest absolute Gasteiger partial charge is 0.849 e. The second kappa shape index (κ2) is 7.94. The van der Waals surface area contributed by atoms with Crippen molar-refractivity contribution in [3.8, 4) is 0 Å². The van der Waals surface area contributed by atoms with Crippen molar-refractivity contribution in [2.75, 3.05) is 0 Å². The average Bonchev–Trinajstić information content (AvgIpc) is 2.73. The first-order chi connectivity index (χ1) is 13.2. The van der Waals surface area contributed by atoms with Crippen LogP contribution in [-0.4, -0.2) is 23.0 Å². The highest BCUT2D eigenvalue weighted by Gasteiger charge is 2.53. The predicted octanol–water partition coefficient (Wildman–Crippen LogP) is 2.62. The highest BCUT2D eigenvalue weighted by molar-refractivity contribution is 7.96. The molecule has 0 radical (unpaired) electrons. The number of hydrogen-bond acceptors (Lipinski definition) is 2. The molecule has 3 unspecified atom stereocenters. The Bertz CT molecular complexity index is 755. The minimum atomic E-state index is -2.19. The molecule has 3 aromatic rings. The van der Waals surface area contributed by atoms with Gasteiger partial charge in [0.25, 0.3) is 0 Å². The molecular formula is C24H25O2P. The van der Waals surface area contributed by atoms with Gasteiger partial charge >= 0.3 is 0 Å². The predicted molar refractivity (Wildman–Crippen MR) is 113 cm³/mol. The maximum absolute atomic E-state index is 13.3. The van der Waals surface area contributed by atoms with Gasteiger partial charge in [-0.3, -0.25) is 0 Å². The number of rotatable bonds is 4. The van der Waals surface area contributed by atoms with Gasteiger partial charge in [0.15, 0.2) is 0 Å². The molecule has 1 fully saturated rings. The molecule has 0 bridgehead atoms. The summed E-state index contributed by atoms with van der Waals surface area (Å²) >= 11 is 0. The van der Waals surface area contributed by atoms with Gasteiger partial charge in [-0.05, 0) is 42.8 Å². The number of hydrogen-bond donors (Lipinski definition) is 1. The Hall–Kier alpha value is -1.99. The SMILES string of the molecule is [O-]C1CCC(O)CC1[P+](c1ccccc1)(c1ccccc1)c1ccccc1. The Balaban J connectivity index is 2.03. The van der Waals surface area contributed by atoms with E-state index in [0.29, 0.717) is 19.3 Å². The van der Waals surface area contributed by atoms with Crippen LogP contribution < -0.4 is 21.0 Å². The molecule has 0 amide bonds. The summed E-state index contributed by atoms with van der Waals surface area (Å²) in [7, 11) is -2.19. The van der Waals surface area contributed by atoms with E-state index in [9.17, 15) is 10.2 Å². The second-order valence-electron chi connectivity index (χ2n) is 7.30. The lowest BCUT2D eigenvalue weighted by molar-refractivity contribution is -0.425. The van der Waals surface area contributed by atoms with Crippen LogP contribution >= 0.6 is 7.26 Å². The fourth-order valence-electron chi connectivity index (χ4n) is 4.52. The molecule has 2 nitrogen and oxygen atoms in total. The van der Waals surface area contributed by atoms with Crippen LogP contribution in [0.15, 0.2) is 91.0 Å². The molecule has 1 aliphatic rings. The minimum Gasteiger partial charge on any atom is -0.849 e. The summed E-state index contributed by atoms with van der Waals surface area (Å²) in [6.45, 7) is 0. The molecule has 1 aliphatic carbocycles.